The van der Waals surface area contributed by atoms with Crippen molar-refractivity contribution in [2.45, 2.75) is 98.9 Å². The molecule has 0 bridgehead atoms. The maximum atomic E-state index is 14.0. The van der Waals surface area contributed by atoms with Gasteiger partial charge in [-0.15, -0.1) is 0 Å². The summed E-state index contributed by atoms with van der Waals surface area (Å²) in [6.07, 6.45) is 8.62. The average Bonchev–Trinajstić information content (AvgIpc) is 3.18. The molecule has 0 aliphatic carbocycles. The molecule has 6 nitrogen and oxygen atoms in total. The van der Waals surface area contributed by atoms with Gasteiger partial charge in [-0.25, -0.2) is 0 Å². The molecule has 2 heterocycles. The first-order chi connectivity index (χ1) is 15.5. The summed E-state index contributed by atoms with van der Waals surface area (Å²) in [5.74, 6) is 0.605. The molecule has 7 heteroatoms. The number of imidazole rings is 1. The normalized spacial score (nSPS) is 12.2. The van der Waals surface area contributed by atoms with Gasteiger partial charge < -0.3 is 0 Å². The first-order valence-electron chi connectivity index (χ1n) is 12.7. The second-order valence-corrected chi connectivity index (χ2v) is 21.7. The summed E-state index contributed by atoms with van der Waals surface area (Å²) in [4.78, 5) is 32.5. The van der Waals surface area contributed by atoms with E-state index in [1.54, 1.807) is 4.40 Å². The van der Waals surface area contributed by atoms with E-state index in [-0.39, 0.29) is 11.4 Å². The fourth-order valence-corrected chi connectivity index (χ4v) is 20.8. The maximum absolute atomic E-state index is 14.0. The summed E-state index contributed by atoms with van der Waals surface area (Å²) < 4.78 is 8.84. The van der Waals surface area contributed by atoms with Crippen molar-refractivity contribution in [3.05, 3.63) is 45.2 Å². The van der Waals surface area contributed by atoms with Crippen LogP contribution in [-0.2, 0) is 6.54 Å². The molecular formula is C25H40N4O2Sn. The SMILES string of the molecule is CCCCn1c(=O)[n]([Sn]([CH2]CCC)([CH2]CCC)[CH2]CCC)c2nc3ccccc3n2c1=O. The third-order valence-electron chi connectivity index (χ3n) is 6.78. The van der Waals surface area contributed by atoms with Crippen molar-refractivity contribution in [2.24, 2.45) is 0 Å². The van der Waals surface area contributed by atoms with Crippen LogP contribution in [-0.4, -0.2) is 35.4 Å². The molecule has 0 N–H and O–H groups in total. The molecular weight excluding hydrogens is 507 g/mol. The Hall–Kier alpha value is -1.57. The Labute approximate surface area is 195 Å². The molecule has 176 valence electrons. The van der Waals surface area contributed by atoms with Crippen LogP contribution in [0.15, 0.2) is 33.9 Å². The third-order valence-corrected chi connectivity index (χ3v) is 21.6. The molecule has 0 spiro atoms. The van der Waals surface area contributed by atoms with Crippen molar-refractivity contribution in [3.63, 3.8) is 0 Å². The molecule has 2 aromatic heterocycles. The molecule has 3 rings (SSSR count). The van der Waals surface area contributed by atoms with E-state index in [1.807, 2.05) is 24.3 Å². The average molecular weight is 547 g/mol. The number of fused-ring (bicyclic) bond motifs is 3. The fraction of sp³-hybridized carbons (Fsp3) is 0.640. The molecule has 0 saturated heterocycles. The summed E-state index contributed by atoms with van der Waals surface area (Å²) in [5.41, 5.74) is 1.29. The Morgan fingerprint density at radius 3 is 1.91 bits per heavy atom. The fourth-order valence-electron chi connectivity index (χ4n) is 4.91. The first-order valence-corrected chi connectivity index (χ1v) is 20.0. The Bertz CT molecular complexity index is 1120. The number of benzene rings is 1. The molecule has 3 aromatic rings. The monoisotopic (exact) mass is 548 g/mol. The Morgan fingerprint density at radius 2 is 1.34 bits per heavy atom. The van der Waals surface area contributed by atoms with Crippen LogP contribution in [0, 0.1) is 0 Å². The van der Waals surface area contributed by atoms with Crippen LogP contribution >= 0.6 is 0 Å². The minimum atomic E-state index is -3.22. The quantitative estimate of drug-likeness (QED) is 0.254. The van der Waals surface area contributed by atoms with Crippen molar-refractivity contribution >= 4 is 35.5 Å². The van der Waals surface area contributed by atoms with Crippen LogP contribution in [0.5, 0.6) is 0 Å². The predicted molar refractivity (Wildman–Crippen MR) is 136 cm³/mol. The van der Waals surface area contributed by atoms with Crippen molar-refractivity contribution in [3.8, 4) is 0 Å². The van der Waals surface area contributed by atoms with E-state index in [1.165, 1.54) is 4.57 Å². The summed E-state index contributed by atoms with van der Waals surface area (Å²) in [6, 6.07) is 7.81. The molecule has 0 aliphatic rings. The van der Waals surface area contributed by atoms with Gasteiger partial charge in [0.15, 0.2) is 0 Å². The van der Waals surface area contributed by atoms with Gasteiger partial charge in [-0.05, 0) is 0 Å². The summed E-state index contributed by atoms with van der Waals surface area (Å²) in [6.45, 7) is 9.29. The van der Waals surface area contributed by atoms with Crippen molar-refractivity contribution < 1.29 is 0 Å². The Morgan fingerprint density at radius 1 is 0.781 bits per heavy atom. The Balaban J connectivity index is 2.42. The summed E-state index contributed by atoms with van der Waals surface area (Å²) >= 11 is -3.22. The van der Waals surface area contributed by atoms with Crippen LogP contribution in [0.25, 0.3) is 16.8 Å². The number of aromatic nitrogens is 4. The van der Waals surface area contributed by atoms with Crippen LogP contribution in [0.4, 0.5) is 0 Å². The Kier molecular flexibility index (Phi) is 9.02. The van der Waals surface area contributed by atoms with E-state index in [0.717, 1.165) is 75.7 Å². The van der Waals surface area contributed by atoms with Crippen molar-refractivity contribution in [2.75, 3.05) is 0 Å². The second kappa shape index (κ2) is 11.5. The standard InChI is InChI=1S/C13H14N4O2.3C4H9.Sn/c1-2-3-8-16-12(18)15-11-14-9-6-4-5-7-10(9)17(11)13(16)19;3*1-3-4-2;/h4-7H,2-3,8H2,1H3,(H,14,15,18);3*1,3-4H2,2H3;/q;;;;+1/p-1. The molecule has 0 fully saturated rings. The van der Waals surface area contributed by atoms with E-state index in [0.29, 0.717) is 12.3 Å². The topological polar surface area (TPSA) is 61.3 Å². The van der Waals surface area contributed by atoms with E-state index < -0.39 is 18.7 Å². The minimum absolute atomic E-state index is 0.0923. The van der Waals surface area contributed by atoms with E-state index >= 15 is 0 Å². The molecule has 0 unspecified atom stereocenters. The van der Waals surface area contributed by atoms with E-state index in [4.69, 9.17) is 4.98 Å². The number of unbranched alkanes of at least 4 members (excludes halogenated alkanes) is 4. The van der Waals surface area contributed by atoms with Crippen LogP contribution in [0.2, 0.25) is 13.3 Å². The van der Waals surface area contributed by atoms with Gasteiger partial charge in [-0.2, -0.15) is 0 Å². The molecule has 0 radical (unpaired) electrons. The van der Waals surface area contributed by atoms with Gasteiger partial charge in [0.1, 0.15) is 0 Å². The van der Waals surface area contributed by atoms with E-state index in [9.17, 15) is 9.59 Å². The van der Waals surface area contributed by atoms with Gasteiger partial charge in [0.05, 0.1) is 0 Å². The number of para-hydroxylation sites is 2. The number of hydrogen-bond acceptors (Lipinski definition) is 3. The molecule has 0 aliphatic heterocycles. The molecule has 0 atom stereocenters. The van der Waals surface area contributed by atoms with Gasteiger partial charge in [0.2, 0.25) is 0 Å². The molecule has 0 amide bonds. The third kappa shape index (κ3) is 4.85. The second-order valence-electron chi connectivity index (χ2n) is 9.18. The first kappa shape index (κ1) is 25.1. The number of hydrogen-bond donors (Lipinski definition) is 0. The summed E-state index contributed by atoms with van der Waals surface area (Å²) in [5, 5.41) is 0. The number of rotatable bonds is 13. The van der Waals surface area contributed by atoms with Crippen molar-refractivity contribution in [1.29, 1.82) is 0 Å². The van der Waals surface area contributed by atoms with Crippen LogP contribution in [0.1, 0.15) is 79.1 Å². The van der Waals surface area contributed by atoms with Crippen LogP contribution in [0.3, 0.4) is 0 Å². The van der Waals surface area contributed by atoms with Crippen LogP contribution < -0.4 is 11.4 Å². The summed E-state index contributed by atoms with van der Waals surface area (Å²) in [7, 11) is 0. The van der Waals surface area contributed by atoms with Gasteiger partial charge in [0, 0.05) is 0 Å². The van der Waals surface area contributed by atoms with Gasteiger partial charge in [-0.3, -0.25) is 0 Å². The molecule has 1 aromatic carbocycles. The zero-order valence-corrected chi connectivity index (χ0v) is 23.3. The molecule has 0 saturated carbocycles. The molecule has 32 heavy (non-hydrogen) atoms. The van der Waals surface area contributed by atoms with Gasteiger partial charge in [-0.1, -0.05) is 0 Å². The van der Waals surface area contributed by atoms with Crippen molar-refractivity contribution in [1.82, 2.24) is 16.7 Å². The van der Waals surface area contributed by atoms with E-state index in [2.05, 4.69) is 30.5 Å². The zero-order chi connectivity index (χ0) is 23.1. The van der Waals surface area contributed by atoms with Gasteiger partial charge >= 0.3 is 196 Å². The zero-order valence-electron chi connectivity index (χ0n) is 20.4. The predicted octanol–water partition coefficient (Wildman–Crippen LogP) is 5.80. The number of nitrogens with zero attached hydrogens (tertiary/aromatic N) is 4. The van der Waals surface area contributed by atoms with Gasteiger partial charge in [0.25, 0.3) is 0 Å².